The van der Waals surface area contributed by atoms with Crippen LogP contribution in [0, 0.1) is 0 Å². The normalized spacial score (nSPS) is 12.0. The van der Waals surface area contributed by atoms with Crippen molar-refractivity contribution in [2.75, 3.05) is 11.1 Å². The summed E-state index contributed by atoms with van der Waals surface area (Å²) in [7, 11) is -1.28. The third-order valence-corrected chi connectivity index (χ3v) is 6.39. The van der Waals surface area contributed by atoms with Gasteiger partial charge in [0.25, 0.3) is 0 Å². The summed E-state index contributed by atoms with van der Waals surface area (Å²) in [6.07, 6.45) is 0.958. The van der Waals surface area contributed by atoms with Gasteiger partial charge < -0.3 is 5.32 Å². The first-order valence-corrected chi connectivity index (χ1v) is 11.2. The van der Waals surface area contributed by atoms with Gasteiger partial charge in [-0.05, 0) is 35.6 Å². The lowest BCUT2D eigenvalue weighted by molar-refractivity contribution is -0.113. The van der Waals surface area contributed by atoms with E-state index in [-0.39, 0.29) is 11.7 Å². The third-order valence-electron chi connectivity index (χ3n) is 3.57. The van der Waals surface area contributed by atoms with Gasteiger partial charge in [0.05, 0.1) is 11.4 Å². The average molecular weight is 391 g/mol. The minimum absolute atomic E-state index is 0.0269. The molecule has 0 saturated heterocycles. The Labute approximate surface area is 157 Å². The van der Waals surface area contributed by atoms with Gasteiger partial charge in [-0.1, -0.05) is 19.1 Å². The Balaban J connectivity index is 1.52. The minimum atomic E-state index is -1.28. The Bertz CT molecular complexity index is 855. The van der Waals surface area contributed by atoms with E-state index in [0.29, 0.717) is 5.75 Å². The lowest BCUT2D eigenvalue weighted by Crippen LogP contribution is -2.20. The molecule has 1 amide bonds. The van der Waals surface area contributed by atoms with Crippen molar-refractivity contribution in [2.24, 2.45) is 0 Å². The number of thiophene rings is 1. The summed E-state index contributed by atoms with van der Waals surface area (Å²) < 4.78 is 12.2. The molecule has 0 spiro atoms. The van der Waals surface area contributed by atoms with E-state index >= 15 is 0 Å². The molecule has 0 radical (unpaired) electrons. The molecule has 2 heterocycles. The average Bonchev–Trinajstić information content (AvgIpc) is 3.26. The highest BCUT2D eigenvalue weighted by Crippen LogP contribution is 2.26. The number of thiazole rings is 1. The van der Waals surface area contributed by atoms with Crippen LogP contribution in [0.5, 0.6) is 0 Å². The highest BCUT2D eigenvalue weighted by molar-refractivity contribution is 7.85. The third kappa shape index (κ3) is 5.07. The van der Waals surface area contributed by atoms with Crippen LogP contribution in [-0.4, -0.2) is 20.9 Å². The zero-order valence-corrected chi connectivity index (χ0v) is 16.2. The number of amides is 1. The maximum atomic E-state index is 12.2. The van der Waals surface area contributed by atoms with Gasteiger partial charge in [-0.3, -0.25) is 9.00 Å². The molecule has 4 nitrogen and oxygen atoms in total. The number of hydrogen-bond acceptors (Lipinski definition) is 5. The molecule has 7 heteroatoms. The number of nitrogens with zero attached hydrogens (tertiary/aromatic N) is 1. The quantitative estimate of drug-likeness (QED) is 0.653. The van der Waals surface area contributed by atoms with Gasteiger partial charge in [0.2, 0.25) is 5.91 Å². The van der Waals surface area contributed by atoms with Crippen LogP contribution in [0.15, 0.2) is 46.5 Å². The van der Waals surface area contributed by atoms with Crippen LogP contribution in [-0.2, 0) is 27.8 Å². The number of aromatic nitrogens is 1. The van der Waals surface area contributed by atoms with Crippen molar-refractivity contribution >= 4 is 45.1 Å². The molecule has 3 rings (SSSR count). The first-order chi connectivity index (χ1) is 12.1. The van der Waals surface area contributed by atoms with Gasteiger partial charge in [0.1, 0.15) is 10.8 Å². The number of hydrogen-bond donors (Lipinski definition) is 1. The van der Waals surface area contributed by atoms with E-state index in [9.17, 15) is 9.00 Å². The first-order valence-electron chi connectivity index (χ1n) is 7.85. The van der Waals surface area contributed by atoms with Crippen LogP contribution in [0.1, 0.15) is 18.2 Å². The van der Waals surface area contributed by atoms with Gasteiger partial charge in [0.15, 0.2) is 0 Å². The minimum Gasteiger partial charge on any atom is -0.325 e. The summed E-state index contributed by atoms with van der Waals surface area (Å²) in [6.45, 7) is 2.08. The molecule has 0 aliphatic carbocycles. The Morgan fingerprint density at radius 2 is 2.00 bits per heavy atom. The van der Waals surface area contributed by atoms with Gasteiger partial charge >= 0.3 is 0 Å². The van der Waals surface area contributed by atoms with Gasteiger partial charge in [-0.25, -0.2) is 4.98 Å². The smallest absolute Gasteiger partial charge is 0.237 e. The number of rotatable bonds is 7. The number of anilines is 1. The van der Waals surface area contributed by atoms with Gasteiger partial charge in [-0.15, -0.1) is 11.3 Å². The molecule has 25 heavy (non-hydrogen) atoms. The van der Waals surface area contributed by atoms with Crippen LogP contribution in [0.25, 0.3) is 10.6 Å². The number of benzene rings is 1. The lowest BCUT2D eigenvalue weighted by atomic mass is 10.1. The largest absolute Gasteiger partial charge is 0.325 e. The van der Waals surface area contributed by atoms with E-state index in [4.69, 9.17) is 0 Å². The summed E-state index contributed by atoms with van der Waals surface area (Å²) in [5.74, 6) is 0.0276. The lowest BCUT2D eigenvalue weighted by Gasteiger charge is -2.05. The molecule has 0 aliphatic rings. The predicted octanol–water partition coefficient (Wildman–Crippen LogP) is 4.32. The Morgan fingerprint density at radius 1 is 1.20 bits per heavy atom. The van der Waals surface area contributed by atoms with Crippen molar-refractivity contribution in [3.8, 4) is 10.6 Å². The van der Waals surface area contributed by atoms with Crippen molar-refractivity contribution in [2.45, 2.75) is 19.1 Å². The van der Waals surface area contributed by atoms with Crippen molar-refractivity contribution in [3.63, 3.8) is 0 Å². The molecule has 3 aromatic rings. The first kappa shape index (κ1) is 18.0. The molecule has 1 N–H and O–H groups in total. The number of carbonyl (C=O) groups excluding carboxylic acids is 1. The molecule has 0 bridgehead atoms. The summed E-state index contributed by atoms with van der Waals surface area (Å²) >= 11 is 3.16. The fourth-order valence-corrected chi connectivity index (χ4v) is 4.86. The maximum absolute atomic E-state index is 12.2. The van der Waals surface area contributed by atoms with E-state index in [0.717, 1.165) is 28.4 Å². The number of aryl methyl sites for hydroxylation is 1. The molecule has 1 atom stereocenters. The molecule has 2 aromatic heterocycles. The van der Waals surface area contributed by atoms with Crippen molar-refractivity contribution in [1.29, 1.82) is 0 Å². The van der Waals surface area contributed by atoms with Crippen LogP contribution in [0.3, 0.4) is 0 Å². The predicted molar refractivity (Wildman–Crippen MR) is 107 cm³/mol. The molecule has 0 fully saturated rings. The van der Waals surface area contributed by atoms with Crippen molar-refractivity contribution < 1.29 is 9.00 Å². The highest BCUT2D eigenvalue weighted by atomic mass is 32.2. The molecular formula is C18H18N2O2S3. The Kier molecular flexibility index (Phi) is 6.12. The SMILES string of the molecule is CCc1ccc(NC(=O)CS(=O)Cc2csc(-c3ccsc3)n2)cc1. The molecule has 1 aromatic carbocycles. The second-order valence-electron chi connectivity index (χ2n) is 5.48. The van der Waals surface area contributed by atoms with Crippen LogP contribution in [0.4, 0.5) is 5.69 Å². The Morgan fingerprint density at radius 3 is 2.68 bits per heavy atom. The Hall–Kier alpha value is -1.83. The second-order valence-corrected chi connectivity index (χ2v) is 8.58. The number of carbonyl (C=O) groups is 1. The highest BCUT2D eigenvalue weighted by Gasteiger charge is 2.12. The monoisotopic (exact) mass is 390 g/mol. The van der Waals surface area contributed by atoms with Crippen LogP contribution < -0.4 is 5.32 Å². The standard InChI is InChI=1S/C18H18N2O2S3/c1-2-13-3-5-15(6-4-13)19-17(21)12-25(22)11-16-10-24-18(20-16)14-7-8-23-9-14/h3-10H,2,11-12H2,1H3,(H,19,21). The van der Waals surface area contributed by atoms with Crippen LogP contribution >= 0.6 is 22.7 Å². The van der Waals surface area contributed by atoms with E-state index in [1.165, 1.54) is 16.9 Å². The molecule has 0 saturated carbocycles. The summed E-state index contributed by atoms with van der Waals surface area (Å²) in [5.41, 5.74) is 3.80. The van der Waals surface area contributed by atoms with E-state index in [1.54, 1.807) is 11.3 Å². The molecule has 0 aliphatic heterocycles. The van der Waals surface area contributed by atoms with Crippen molar-refractivity contribution in [3.05, 3.63) is 57.7 Å². The maximum Gasteiger partial charge on any atom is 0.237 e. The molecular weight excluding hydrogens is 372 g/mol. The fourth-order valence-electron chi connectivity index (χ4n) is 2.28. The van der Waals surface area contributed by atoms with Gasteiger partial charge in [0, 0.05) is 32.8 Å². The van der Waals surface area contributed by atoms with Crippen LogP contribution in [0.2, 0.25) is 0 Å². The fraction of sp³-hybridized carbons (Fsp3) is 0.222. The van der Waals surface area contributed by atoms with E-state index in [1.807, 2.05) is 46.5 Å². The second kappa shape index (κ2) is 8.51. The summed E-state index contributed by atoms with van der Waals surface area (Å²) in [6, 6.07) is 9.71. The zero-order valence-electron chi connectivity index (χ0n) is 13.7. The zero-order chi connectivity index (χ0) is 17.6. The van der Waals surface area contributed by atoms with E-state index < -0.39 is 10.8 Å². The van der Waals surface area contributed by atoms with Crippen molar-refractivity contribution in [1.82, 2.24) is 4.98 Å². The molecule has 130 valence electrons. The topological polar surface area (TPSA) is 59.1 Å². The summed E-state index contributed by atoms with van der Waals surface area (Å²) in [4.78, 5) is 16.5. The molecule has 1 unspecified atom stereocenters. The van der Waals surface area contributed by atoms with Gasteiger partial charge in [-0.2, -0.15) is 11.3 Å². The van der Waals surface area contributed by atoms with E-state index in [2.05, 4.69) is 17.2 Å². The summed E-state index contributed by atoms with van der Waals surface area (Å²) in [5, 5.41) is 9.67. The number of nitrogens with one attached hydrogen (secondary N) is 1.